The number of Topliss-reactive ketones (excluding diaryl/α,β-unsaturated/α-hetero) is 1. The number of halogens is 2. The Balaban J connectivity index is 2.23. The zero-order valence-electron chi connectivity index (χ0n) is 22.8. The molecule has 0 radical (unpaired) electrons. The fourth-order valence-electron chi connectivity index (χ4n) is 3.41. The van der Waals surface area contributed by atoms with Crippen LogP contribution in [0.15, 0.2) is 42.5 Å². The van der Waals surface area contributed by atoms with E-state index in [9.17, 15) is 19.2 Å². The Morgan fingerprint density at radius 2 is 1.62 bits per heavy atom. The van der Waals surface area contributed by atoms with Gasteiger partial charge in [0.25, 0.3) is 5.91 Å². The summed E-state index contributed by atoms with van der Waals surface area (Å²) in [4.78, 5) is 53.8. The third kappa shape index (κ3) is 9.61. The summed E-state index contributed by atoms with van der Waals surface area (Å²) in [7, 11) is 4.81. The first-order chi connectivity index (χ1) is 18.4. The largest absolute Gasteiger partial charge is 0.451 e. The number of carbonyl (C=O) groups is 4. The van der Waals surface area contributed by atoms with Crippen LogP contribution in [0, 0.1) is 0 Å². The molecule has 1 atom stereocenters. The van der Waals surface area contributed by atoms with E-state index in [-0.39, 0.29) is 19.1 Å². The highest BCUT2D eigenvalue weighted by molar-refractivity contribution is 6.42. The van der Waals surface area contributed by atoms with Crippen LogP contribution in [0.3, 0.4) is 0 Å². The Bertz CT molecular complexity index is 1170. The molecule has 1 unspecified atom stereocenters. The minimum Gasteiger partial charge on any atom is -0.451 e. The fraction of sp³-hybridized carbons (Fsp3) is 0.429. The molecule has 9 nitrogen and oxygen atoms in total. The molecule has 2 rings (SSSR count). The molecule has 0 heterocycles. The highest BCUT2D eigenvalue weighted by Gasteiger charge is 2.32. The summed E-state index contributed by atoms with van der Waals surface area (Å²) in [5.41, 5.74) is 0.454. The van der Waals surface area contributed by atoms with E-state index in [1.165, 1.54) is 9.80 Å². The zero-order chi connectivity index (χ0) is 29.2. The lowest BCUT2D eigenvalue weighted by Gasteiger charge is -2.28. The minimum absolute atomic E-state index is 0.0407. The Hall–Kier alpha value is -2.98. The van der Waals surface area contributed by atoms with Gasteiger partial charge < -0.3 is 24.0 Å². The van der Waals surface area contributed by atoms with Crippen LogP contribution >= 0.6 is 23.2 Å². The van der Waals surface area contributed by atoms with Crippen molar-refractivity contribution in [3.05, 3.63) is 63.6 Å². The van der Waals surface area contributed by atoms with Gasteiger partial charge in [-0.05, 0) is 55.3 Å². The molecular formula is C28H34Cl2N2O7. The number of hydrogen-bond donors (Lipinski definition) is 0. The molecule has 2 aromatic carbocycles. The number of carbonyl (C=O) groups excluding carboxylic acids is 4. The summed E-state index contributed by atoms with van der Waals surface area (Å²) in [6, 6.07) is 11.3. The molecule has 212 valence electrons. The Kier molecular flexibility index (Phi) is 12.4. The number of anilines is 1. The number of hydrogen-bond acceptors (Lipinski definition) is 7. The second-order valence-corrected chi connectivity index (χ2v) is 10.1. The standard InChI is InChI=1S/C28H34Cl2N2O7/c1-6-28(2,18-38-14-13-37-5)39-27(36)24(33)16-25(34)32(17-19-7-12-22(29)23(30)15-19)21-10-8-20(9-11-21)26(35)31(3)4/h7-12,15H,6,13-14,16-18H2,1-5H3. The van der Waals surface area contributed by atoms with E-state index >= 15 is 0 Å². The molecule has 0 aromatic heterocycles. The number of benzene rings is 2. The number of rotatable bonds is 14. The van der Waals surface area contributed by atoms with Crippen LogP contribution in [0.4, 0.5) is 5.69 Å². The van der Waals surface area contributed by atoms with Gasteiger partial charge in [0.2, 0.25) is 11.7 Å². The van der Waals surface area contributed by atoms with Crippen LogP contribution in [-0.4, -0.2) is 75.1 Å². The monoisotopic (exact) mass is 580 g/mol. The van der Waals surface area contributed by atoms with Crippen LogP contribution in [-0.2, 0) is 35.1 Å². The van der Waals surface area contributed by atoms with Crippen molar-refractivity contribution in [1.82, 2.24) is 4.90 Å². The van der Waals surface area contributed by atoms with Gasteiger partial charge in [0.1, 0.15) is 5.60 Å². The van der Waals surface area contributed by atoms with Gasteiger partial charge >= 0.3 is 5.97 Å². The number of amides is 2. The average molecular weight is 581 g/mol. The van der Waals surface area contributed by atoms with Crippen molar-refractivity contribution in [3.8, 4) is 0 Å². The summed E-state index contributed by atoms with van der Waals surface area (Å²) in [5.74, 6) is -2.95. The quantitative estimate of drug-likeness (QED) is 0.140. The molecule has 0 aliphatic carbocycles. The Labute approximate surface area is 238 Å². The van der Waals surface area contributed by atoms with E-state index in [2.05, 4.69) is 0 Å². The molecule has 0 bridgehead atoms. The summed E-state index contributed by atoms with van der Waals surface area (Å²) in [6.07, 6.45) is -0.322. The normalized spacial score (nSPS) is 12.4. The second-order valence-electron chi connectivity index (χ2n) is 9.31. The lowest BCUT2D eigenvalue weighted by Crippen LogP contribution is -2.40. The molecule has 11 heteroatoms. The van der Waals surface area contributed by atoms with Gasteiger partial charge in [-0.1, -0.05) is 36.2 Å². The van der Waals surface area contributed by atoms with E-state index in [1.54, 1.807) is 77.5 Å². The van der Waals surface area contributed by atoms with Crippen molar-refractivity contribution in [1.29, 1.82) is 0 Å². The van der Waals surface area contributed by atoms with Crippen molar-refractivity contribution >= 4 is 52.5 Å². The van der Waals surface area contributed by atoms with E-state index in [0.717, 1.165) is 0 Å². The summed E-state index contributed by atoms with van der Waals surface area (Å²) >= 11 is 12.2. The molecule has 39 heavy (non-hydrogen) atoms. The van der Waals surface area contributed by atoms with Gasteiger partial charge in [-0.15, -0.1) is 0 Å². The third-order valence-corrected chi connectivity index (χ3v) is 6.66. The number of ketones is 1. The van der Waals surface area contributed by atoms with Crippen molar-refractivity contribution in [2.75, 3.05) is 45.9 Å². The lowest BCUT2D eigenvalue weighted by molar-refractivity contribution is -0.171. The van der Waals surface area contributed by atoms with Crippen LogP contribution in [0.1, 0.15) is 42.6 Å². The van der Waals surface area contributed by atoms with Crippen molar-refractivity contribution in [2.24, 2.45) is 0 Å². The maximum absolute atomic E-state index is 13.3. The number of ether oxygens (including phenoxy) is 3. The first-order valence-electron chi connectivity index (χ1n) is 12.3. The van der Waals surface area contributed by atoms with E-state index in [1.807, 2.05) is 0 Å². The number of methoxy groups -OCH3 is 1. The molecule has 0 N–H and O–H groups in total. The molecule has 0 saturated carbocycles. The molecule has 0 spiro atoms. The van der Waals surface area contributed by atoms with Crippen molar-refractivity contribution in [3.63, 3.8) is 0 Å². The molecule has 0 fully saturated rings. The minimum atomic E-state index is -1.12. The zero-order valence-corrected chi connectivity index (χ0v) is 24.3. The lowest BCUT2D eigenvalue weighted by atomic mass is 10.0. The van der Waals surface area contributed by atoms with Crippen LogP contribution < -0.4 is 4.90 Å². The second kappa shape index (κ2) is 15.0. The highest BCUT2D eigenvalue weighted by Crippen LogP contribution is 2.26. The van der Waals surface area contributed by atoms with Crippen LogP contribution in [0.2, 0.25) is 10.0 Å². The molecule has 0 aliphatic heterocycles. The maximum atomic E-state index is 13.3. The number of nitrogens with zero attached hydrogens (tertiary/aromatic N) is 2. The van der Waals surface area contributed by atoms with Gasteiger partial charge in [0.05, 0.1) is 42.8 Å². The molecular weight excluding hydrogens is 547 g/mol. The first kappa shape index (κ1) is 32.2. The van der Waals surface area contributed by atoms with Gasteiger partial charge in [0, 0.05) is 32.5 Å². The summed E-state index contributed by atoms with van der Waals surface area (Å²) in [5, 5.41) is 0.660. The molecule has 2 amide bonds. The van der Waals surface area contributed by atoms with Gasteiger partial charge in [-0.25, -0.2) is 4.79 Å². The maximum Gasteiger partial charge on any atom is 0.375 e. The molecule has 0 aliphatic rings. The fourth-order valence-corrected chi connectivity index (χ4v) is 3.73. The SMILES string of the molecule is CCC(C)(COCCOC)OC(=O)C(=O)CC(=O)N(Cc1ccc(Cl)c(Cl)c1)c1ccc(C(=O)N(C)C)cc1. The highest BCUT2D eigenvalue weighted by atomic mass is 35.5. The van der Waals surface area contributed by atoms with Crippen LogP contribution in [0.25, 0.3) is 0 Å². The average Bonchev–Trinajstić information content (AvgIpc) is 2.91. The molecule has 2 aromatic rings. The summed E-state index contributed by atoms with van der Waals surface area (Å²) < 4.78 is 15.8. The van der Waals surface area contributed by atoms with Crippen molar-refractivity contribution in [2.45, 2.75) is 38.8 Å². The Morgan fingerprint density at radius 3 is 2.18 bits per heavy atom. The Morgan fingerprint density at radius 1 is 0.949 bits per heavy atom. The first-order valence-corrected chi connectivity index (χ1v) is 13.0. The predicted octanol–water partition coefficient (Wildman–Crippen LogP) is 4.56. The van der Waals surface area contributed by atoms with Crippen molar-refractivity contribution < 1.29 is 33.4 Å². The van der Waals surface area contributed by atoms with E-state index < -0.39 is 29.7 Å². The van der Waals surface area contributed by atoms with E-state index in [4.69, 9.17) is 37.4 Å². The topological polar surface area (TPSA) is 102 Å². The predicted molar refractivity (Wildman–Crippen MR) is 149 cm³/mol. The third-order valence-electron chi connectivity index (χ3n) is 5.92. The number of esters is 1. The summed E-state index contributed by atoms with van der Waals surface area (Å²) in [6.45, 7) is 4.24. The van der Waals surface area contributed by atoms with Gasteiger partial charge in [-0.3, -0.25) is 14.4 Å². The molecule has 0 saturated heterocycles. The van der Waals surface area contributed by atoms with E-state index in [0.29, 0.717) is 46.5 Å². The smallest absolute Gasteiger partial charge is 0.375 e. The van der Waals surface area contributed by atoms with Gasteiger partial charge in [-0.2, -0.15) is 0 Å². The van der Waals surface area contributed by atoms with Gasteiger partial charge in [0.15, 0.2) is 0 Å². The van der Waals surface area contributed by atoms with Crippen LogP contribution in [0.5, 0.6) is 0 Å².